The molecule has 2 aromatic carbocycles. The lowest BCUT2D eigenvalue weighted by molar-refractivity contribution is 0.272. The minimum atomic E-state index is -4.98. The second kappa shape index (κ2) is 9.18. The Balaban J connectivity index is 1.72. The van der Waals surface area contributed by atoms with E-state index in [1.54, 1.807) is 30.3 Å². The molecular weight excluding hydrogens is 521 g/mol. The van der Waals surface area contributed by atoms with Crippen LogP contribution < -0.4 is 15.5 Å². The van der Waals surface area contributed by atoms with Gasteiger partial charge in [-0.05, 0) is 36.2 Å². The maximum absolute atomic E-state index is 14.0. The first-order valence-electron chi connectivity index (χ1n) is 12.5. The number of H-pyrrole nitrogens is 1. The quantitative estimate of drug-likeness (QED) is 0.302. The first-order valence-corrected chi connectivity index (χ1v) is 13.9. The van der Waals surface area contributed by atoms with E-state index in [0.717, 1.165) is 11.6 Å². The molecule has 0 radical (unpaired) electrons. The van der Waals surface area contributed by atoms with E-state index in [-0.39, 0.29) is 17.4 Å². The lowest BCUT2D eigenvalue weighted by atomic mass is 10.0. The molecule has 9 nitrogen and oxygen atoms in total. The van der Waals surface area contributed by atoms with Crippen molar-refractivity contribution >= 4 is 43.1 Å². The van der Waals surface area contributed by atoms with Crippen LogP contribution in [0.4, 0.5) is 3.89 Å². The summed E-state index contributed by atoms with van der Waals surface area (Å²) in [5.74, 6) is 0.542. The third-order valence-electron chi connectivity index (χ3n) is 6.98. The number of aromatic amines is 1. The predicted molar refractivity (Wildman–Crippen MR) is 146 cm³/mol. The Kier molecular flexibility index (Phi) is 5.89. The highest BCUT2D eigenvalue weighted by Crippen LogP contribution is 2.38. The Bertz CT molecular complexity index is 2000. The van der Waals surface area contributed by atoms with Gasteiger partial charge in [0.15, 0.2) is 5.43 Å². The first-order chi connectivity index (χ1) is 18.7. The number of nitrogens with one attached hydrogen (secondary N) is 2. The molecule has 2 N–H and O–H groups in total. The summed E-state index contributed by atoms with van der Waals surface area (Å²) in [6.07, 6.45) is 2.39. The number of pyridine rings is 2. The fourth-order valence-electron chi connectivity index (χ4n) is 5.00. The van der Waals surface area contributed by atoms with E-state index in [2.05, 4.69) is 25.9 Å². The average molecular weight is 546 g/mol. The number of hydrogen-bond donors (Lipinski definition) is 2. The van der Waals surface area contributed by atoms with Crippen molar-refractivity contribution < 1.29 is 17.0 Å². The molecule has 0 amide bonds. The van der Waals surface area contributed by atoms with Gasteiger partial charge in [0, 0.05) is 47.5 Å². The van der Waals surface area contributed by atoms with Gasteiger partial charge in [0.2, 0.25) is 0 Å². The minimum Gasteiger partial charge on any atom is -0.493 e. The Morgan fingerprint density at radius 2 is 1.97 bits per heavy atom. The highest BCUT2D eigenvalue weighted by molar-refractivity contribution is 7.86. The number of rotatable bonds is 6. The summed E-state index contributed by atoms with van der Waals surface area (Å²) < 4.78 is 45.3. The maximum atomic E-state index is 14.0. The van der Waals surface area contributed by atoms with Gasteiger partial charge in [-0.3, -0.25) is 9.78 Å². The van der Waals surface area contributed by atoms with E-state index in [4.69, 9.17) is 4.74 Å². The number of ether oxygens (including phenoxy) is 1. The molecule has 4 heterocycles. The number of hydrogen-bond acceptors (Lipinski definition) is 7. The highest BCUT2D eigenvalue weighted by Gasteiger charge is 2.27. The van der Waals surface area contributed by atoms with E-state index >= 15 is 0 Å². The van der Waals surface area contributed by atoms with Crippen molar-refractivity contribution in [2.75, 3.05) is 19.7 Å². The van der Waals surface area contributed by atoms with Crippen LogP contribution in [-0.2, 0) is 10.2 Å². The van der Waals surface area contributed by atoms with Gasteiger partial charge in [-0.1, -0.05) is 19.9 Å². The molecule has 5 aromatic rings. The SMILES string of the molecule is CC(C)COc1cc2c(=O)c3c4ccc(C#N)cc4[nH]c3n(C3CNC3)c2cc1-c1cncc(S(=O)(=O)F)c1. The molecule has 1 aliphatic rings. The molecule has 3 aromatic heterocycles. The van der Waals surface area contributed by atoms with Crippen LogP contribution in [0.5, 0.6) is 5.75 Å². The molecule has 198 valence electrons. The van der Waals surface area contributed by atoms with E-state index in [0.29, 0.717) is 69.6 Å². The molecule has 0 atom stereocenters. The molecule has 39 heavy (non-hydrogen) atoms. The van der Waals surface area contributed by atoms with Crippen molar-refractivity contribution in [1.29, 1.82) is 5.26 Å². The summed E-state index contributed by atoms with van der Waals surface area (Å²) in [6.45, 7) is 5.69. The van der Waals surface area contributed by atoms with Gasteiger partial charge in [-0.15, -0.1) is 3.89 Å². The van der Waals surface area contributed by atoms with Gasteiger partial charge in [0.05, 0.1) is 40.6 Å². The van der Waals surface area contributed by atoms with Gasteiger partial charge in [0.1, 0.15) is 16.3 Å². The molecule has 0 spiro atoms. The second-order valence-electron chi connectivity index (χ2n) is 10.1. The Hall–Kier alpha value is -4.27. The lowest BCUT2D eigenvalue weighted by Gasteiger charge is -2.32. The van der Waals surface area contributed by atoms with Gasteiger partial charge in [-0.2, -0.15) is 13.7 Å². The molecule has 11 heteroatoms. The number of aromatic nitrogens is 3. The summed E-state index contributed by atoms with van der Waals surface area (Å²) >= 11 is 0. The zero-order valence-electron chi connectivity index (χ0n) is 21.2. The zero-order valence-corrected chi connectivity index (χ0v) is 22.0. The number of benzene rings is 2. The molecule has 0 unspecified atom stereocenters. The number of fused-ring (bicyclic) bond motifs is 4. The Morgan fingerprint density at radius 3 is 2.64 bits per heavy atom. The summed E-state index contributed by atoms with van der Waals surface area (Å²) in [4.78, 5) is 20.8. The van der Waals surface area contributed by atoms with Crippen LogP contribution in [0.3, 0.4) is 0 Å². The normalized spacial score (nSPS) is 14.2. The van der Waals surface area contributed by atoms with Crippen molar-refractivity contribution in [1.82, 2.24) is 19.9 Å². The minimum absolute atomic E-state index is 0.0325. The third kappa shape index (κ3) is 4.22. The van der Waals surface area contributed by atoms with Gasteiger partial charge in [-0.25, -0.2) is 0 Å². The van der Waals surface area contributed by atoms with Gasteiger partial charge >= 0.3 is 10.2 Å². The van der Waals surface area contributed by atoms with Crippen molar-refractivity contribution in [3.63, 3.8) is 0 Å². The van der Waals surface area contributed by atoms with Crippen molar-refractivity contribution in [3.05, 3.63) is 64.6 Å². The van der Waals surface area contributed by atoms with Gasteiger partial charge < -0.3 is 19.6 Å². The second-order valence-corrected chi connectivity index (χ2v) is 11.5. The van der Waals surface area contributed by atoms with Crippen LogP contribution in [0.15, 0.2) is 58.5 Å². The van der Waals surface area contributed by atoms with Crippen molar-refractivity contribution in [2.45, 2.75) is 24.8 Å². The summed E-state index contributed by atoms with van der Waals surface area (Å²) in [6, 6.07) is 12.0. The van der Waals surface area contributed by atoms with Crippen LogP contribution in [0, 0.1) is 17.2 Å². The molecule has 1 fully saturated rings. The largest absolute Gasteiger partial charge is 0.493 e. The highest BCUT2D eigenvalue weighted by atomic mass is 32.3. The van der Waals surface area contributed by atoms with E-state index < -0.39 is 15.1 Å². The Morgan fingerprint density at radius 1 is 1.18 bits per heavy atom. The summed E-state index contributed by atoms with van der Waals surface area (Å²) in [5.41, 5.74) is 3.04. The summed E-state index contributed by atoms with van der Waals surface area (Å²) in [7, 11) is -4.98. The zero-order chi connectivity index (χ0) is 27.5. The molecule has 1 aliphatic heterocycles. The predicted octanol–water partition coefficient (Wildman–Crippen LogP) is 4.41. The number of nitrogens with zero attached hydrogens (tertiary/aromatic N) is 3. The Labute approximate surface area is 223 Å². The maximum Gasteiger partial charge on any atom is 0.333 e. The smallest absolute Gasteiger partial charge is 0.333 e. The van der Waals surface area contributed by atoms with E-state index in [1.807, 2.05) is 13.8 Å². The monoisotopic (exact) mass is 545 g/mol. The molecule has 0 bridgehead atoms. The molecule has 0 saturated carbocycles. The molecule has 1 saturated heterocycles. The standard InChI is InChI=1S/C28H24FN5O4S/c1-15(2)14-38-25-8-22-24(7-21(25)17-6-19(13-31-10-17)39(29,36)37)34(18-11-32-12-18)28-26(27(22)35)20-4-3-16(9-30)5-23(20)33-28/h3-8,10,13,15,18,32-33H,11-12,14H2,1-2H3. The van der Waals surface area contributed by atoms with Crippen LogP contribution in [0.25, 0.3) is 44.0 Å². The van der Waals surface area contributed by atoms with Crippen LogP contribution in [-0.4, -0.2) is 42.6 Å². The van der Waals surface area contributed by atoms with Crippen LogP contribution in [0.1, 0.15) is 25.5 Å². The molecule has 6 rings (SSSR count). The van der Waals surface area contributed by atoms with Crippen molar-refractivity contribution in [3.8, 4) is 22.9 Å². The molecular formula is C28H24FN5O4S. The third-order valence-corrected chi connectivity index (χ3v) is 7.77. The first kappa shape index (κ1) is 25.0. The topological polar surface area (TPSA) is 130 Å². The average Bonchev–Trinajstić information content (AvgIpc) is 3.26. The molecule has 0 aliphatic carbocycles. The number of nitriles is 1. The van der Waals surface area contributed by atoms with Crippen molar-refractivity contribution in [2.24, 2.45) is 5.92 Å². The van der Waals surface area contributed by atoms with E-state index in [1.165, 1.54) is 12.3 Å². The van der Waals surface area contributed by atoms with E-state index in [9.17, 15) is 22.4 Å². The van der Waals surface area contributed by atoms with Gasteiger partial charge in [0.25, 0.3) is 0 Å². The lowest BCUT2D eigenvalue weighted by Crippen LogP contribution is -2.44. The fourth-order valence-corrected chi connectivity index (χ4v) is 5.46. The van der Waals surface area contributed by atoms with Crippen LogP contribution >= 0.6 is 0 Å². The number of halogens is 1. The fraction of sp³-hybridized carbons (Fsp3) is 0.250. The van der Waals surface area contributed by atoms with Crippen LogP contribution in [0.2, 0.25) is 0 Å². The summed E-state index contributed by atoms with van der Waals surface area (Å²) in [5, 5.41) is 14.3.